The molecule has 0 aliphatic rings. The number of nitrogens with one attached hydrogen (secondary N) is 1. The number of hydrogen-bond donors (Lipinski definition) is 2. The Bertz CT molecular complexity index is 1060. The van der Waals surface area contributed by atoms with Gasteiger partial charge in [-0.1, -0.05) is 36.8 Å². The van der Waals surface area contributed by atoms with Crippen molar-refractivity contribution < 1.29 is 8.42 Å². The number of anilines is 1. The van der Waals surface area contributed by atoms with Crippen molar-refractivity contribution >= 4 is 26.8 Å². The molecule has 24 heavy (non-hydrogen) atoms. The number of nitrogen functional groups attached to an aromatic ring is 1. The minimum atomic E-state index is -3.63. The third-order valence-electron chi connectivity index (χ3n) is 3.75. The molecule has 3 aromatic rings. The monoisotopic (exact) mass is 347 g/mol. The van der Waals surface area contributed by atoms with Crippen molar-refractivity contribution in [3.63, 3.8) is 0 Å². The van der Waals surface area contributed by atoms with Crippen LogP contribution in [0.2, 0.25) is 0 Å². The molecular formula is C15H17N5O3S. The van der Waals surface area contributed by atoms with Gasteiger partial charge in [0.05, 0.1) is 12.3 Å². The van der Waals surface area contributed by atoms with Gasteiger partial charge >= 0.3 is 5.69 Å². The molecule has 0 spiro atoms. The zero-order valence-electron chi connectivity index (χ0n) is 13.3. The Labute approximate surface area is 138 Å². The van der Waals surface area contributed by atoms with Gasteiger partial charge in [0.1, 0.15) is 5.52 Å². The van der Waals surface area contributed by atoms with Crippen LogP contribution >= 0.6 is 0 Å². The van der Waals surface area contributed by atoms with E-state index in [-0.39, 0.29) is 34.4 Å². The van der Waals surface area contributed by atoms with Gasteiger partial charge in [0.25, 0.3) is 5.16 Å². The predicted octanol–water partition coefficient (Wildman–Crippen LogP) is 0.852. The van der Waals surface area contributed by atoms with E-state index >= 15 is 0 Å². The maximum Gasteiger partial charge on any atom is 0.328 e. The van der Waals surface area contributed by atoms with Crippen LogP contribution in [-0.2, 0) is 16.4 Å². The van der Waals surface area contributed by atoms with E-state index in [9.17, 15) is 13.2 Å². The lowest BCUT2D eigenvalue weighted by atomic mass is 10.1. The molecule has 2 aromatic heterocycles. The number of sulfone groups is 1. The first-order valence-corrected chi connectivity index (χ1v) is 9.01. The van der Waals surface area contributed by atoms with Gasteiger partial charge in [-0.3, -0.25) is 4.57 Å². The molecule has 1 aromatic carbocycles. The first kappa shape index (κ1) is 16.2. The highest BCUT2D eigenvalue weighted by Gasteiger charge is 2.21. The van der Waals surface area contributed by atoms with Crippen molar-refractivity contribution in [2.24, 2.45) is 0 Å². The minimum absolute atomic E-state index is 0.0632. The van der Waals surface area contributed by atoms with Gasteiger partial charge in [-0.25, -0.2) is 13.2 Å². The third kappa shape index (κ3) is 2.78. The Kier molecular flexibility index (Phi) is 3.88. The summed E-state index contributed by atoms with van der Waals surface area (Å²) in [5, 5.41) is -0.369. The summed E-state index contributed by atoms with van der Waals surface area (Å²) in [6, 6.07) is 7.67. The molecule has 0 saturated carbocycles. The van der Waals surface area contributed by atoms with Crippen molar-refractivity contribution in [1.82, 2.24) is 19.5 Å². The first-order valence-electron chi connectivity index (χ1n) is 7.36. The van der Waals surface area contributed by atoms with Gasteiger partial charge in [-0.05, 0) is 12.5 Å². The summed E-state index contributed by atoms with van der Waals surface area (Å²) in [6.45, 7) is 3.72. The molecule has 126 valence electrons. The Morgan fingerprint density at radius 1 is 1.21 bits per heavy atom. The Morgan fingerprint density at radius 2 is 1.88 bits per heavy atom. The number of aromatic amines is 1. The van der Waals surface area contributed by atoms with E-state index in [4.69, 9.17) is 5.73 Å². The number of aryl methyl sites for hydroxylation is 1. The molecule has 9 heteroatoms. The van der Waals surface area contributed by atoms with Crippen LogP contribution in [0.1, 0.15) is 18.1 Å². The molecule has 0 fully saturated rings. The number of benzene rings is 1. The van der Waals surface area contributed by atoms with Crippen LogP contribution in [0.5, 0.6) is 0 Å². The van der Waals surface area contributed by atoms with Crippen LogP contribution in [0, 0.1) is 6.92 Å². The number of imidazole rings is 1. The average molecular weight is 347 g/mol. The summed E-state index contributed by atoms with van der Waals surface area (Å²) in [6.07, 6.45) is 0. The number of rotatable bonds is 4. The summed E-state index contributed by atoms with van der Waals surface area (Å²) in [5.74, 6) is -0.211. The molecule has 0 amide bonds. The normalized spacial score (nSPS) is 11.9. The lowest BCUT2D eigenvalue weighted by Gasteiger charge is -2.06. The molecule has 0 aliphatic heterocycles. The fourth-order valence-electron chi connectivity index (χ4n) is 2.32. The molecule has 0 saturated heterocycles. The Morgan fingerprint density at radius 3 is 2.50 bits per heavy atom. The Balaban J connectivity index is 2.19. The maximum absolute atomic E-state index is 12.2. The second-order valence-corrected chi connectivity index (χ2v) is 7.67. The van der Waals surface area contributed by atoms with E-state index in [1.807, 2.05) is 31.2 Å². The van der Waals surface area contributed by atoms with Crippen molar-refractivity contribution in [2.75, 3.05) is 11.5 Å². The van der Waals surface area contributed by atoms with E-state index in [0.717, 1.165) is 11.1 Å². The largest absolute Gasteiger partial charge is 0.382 e. The highest BCUT2D eigenvalue weighted by atomic mass is 32.2. The number of nitrogens with two attached hydrogens (primary N) is 1. The van der Waals surface area contributed by atoms with Crippen molar-refractivity contribution in [1.29, 1.82) is 0 Å². The maximum atomic E-state index is 12.2. The summed E-state index contributed by atoms with van der Waals surface area (Å²) in [5.41, 5.74) is 7.80. The second-order valence-electron chi connectivity index (χ2n) is 5.50. The van der Waals surface area contributed by atoms with Crippen molar-refractivity contribution in [3.8, 4) is 0 Å². The number of nitrogens with zero attached hydrogens (tertiary/aromatic N) is 3. The second kappa shape index (κ2) is 5.75. The fraction of sp³-hybridized carbons (Fsp3) is 0.267. The predicted molar refractivity (Wildman–Crippen MR) is 90.6 cm³/mol. The average Bonchev–Trinajstić information content (AvgIpc) is 2.86. The molecule has 0 unspecified atom stereocenters. The molecule has 0 atom stereocenters. The minimum Gasteiger partial charge on any atom is -0.382 e. The van der Waals surface area contributed by atoms with Crippen molar-refractivity contribution in [3.05, 3.63) is 45.9 Å². The summed E-state index contributed by atoms with van der Waals surface area (Å²) in [4.78, 5) is 22.7. The quantitative estimate of drug-likeness (QED) is 0.674. The van der Waals surface area contributed by atoms with Gasteiger partial charge in [-0.15, -0.1) is 0 Å². The highest BCUT2D eigenvalue weighted by molar-refractivity contribution is 7.91. The van der Waals surface area contributed by atoms with Gasteiger partial charge in [0.2, 0.25) is 9.84 Å². The van der Waals surface area contributed by atoms with E-state index in [0.29, 0.717) is 0 Å². The summed E-state index contributed by atoms with van der Waals surface area (Å²) >= 11 is 0. The van der Waals surface area contributed by atoms with E-state index in [1.54, 1.807) is 0 Å². The van der Waals surface area contributed by atoms with Crippen molar-refractivity contribution in [2.45, 2.75) is 25.5 Å². The number of fused-ring (bicyclic) bond motifs is 1. The molecular weight excluding hydrogens is 330 g/mol. The lowest BCUT2D eigenvalue weighted by molar-refractivity contribution is 0.588. The summed E-state index contributed by atoms with van der Waals surface area (Å²) < 4.78 is 25.4. The molecule has 3 N–H and O–H groups in total. The SMILES string of the molecule is CCS(=O)(=O)c1nc(N)c2[nH]c(=O)n(Cc3ccc(C)cc3)c2n1. The van der Waals surface area contributed by atoms with Crippen LogP contribution < -0.4 is 11.4 Å². The molecule has 2 heterocycles. The zero-order chi connectivity index (χ0) is 17.5. The third-order valence-corrected chi connectivity index (χ3v) is 5.25. The number of H-pyrrole nitrogens is 1. The molecule has 0 aliphatic carbocycles. The van der Waals surface area contributed by atoms with Crippen LogP contribution in [0.4, 0.5) is 5.82 Å². The molecule has 8 nitrogen and oxygen atoms in total. The van der Waals surface area contributed by atoms with E-state index in [2.05, 4.69) is 15.0 Å². The van der Waals surface area contributed by atoms with Crippen LogP contribution in [0.15, 0.2) is 34.2 Å². The molecule has 3 rings (SSSR count). The van der Waals surface area contributed by atoms with Crippen LogP contribution in [0.25, 0.3) is 11.2 Å². The smallest absolute Gasteiger partial charge is 0.328 e. The fourth-order valence-corrected chi connectivity index (χ4v) is 3.04. The van der Waals surface area contributed by atoms with Gasteiger partial charge in [0.15, 0.2) is 11.5 Å². The van der Waals surface area contributed by atoms with E-state index < -0.39 is 15.5 Å². The number of aromatic nitrogens is 4. The van der Waals surface area contributed by atoms with Crippen LogP contribution in [-0.4, -0.2) is 33.7 Å². The highest BCUT2D eigenvalue weighted by Crippen LogP contribution is 2.18. The van der Waals surface area contributed by atoms with Crippen LogP contribution in [0.3, 0.4) is 0 Å². The van der Waals surface area contributed by atoms with Gasteiger partial charge in [0, 0.05) is 0 Å². The first-order chi connectivity index (χ1) is 11.3. The zero-order valence-corrected chi connectivity index (χ0v) is 14.1. The Hall–Kier alpha value is -2.68. The topological polar surface area (TPSA) is 124 Å². The number of hydrogen-bond acceptors (Lipinski definition) is 6. The van der Waals surface area contributed by atoms with Gasteiger partial charge in [-0.2, -0.15) is 9.97 Å². The summed E-state index contributed by atoms with van der Waals surface area (Å²) in [7, 11) is -3.63. The van der Waals surface area contributed by atoms with E-state index in [1.165, 1.54) is 11.5 Å². The molecule has 0 bridgehead atoms. The standard InChI is InChI=1S/C15H17N5O3S/c1-3-24(22,23)14-18-12(16)11-13(19-14)20(15(21)17-11)8-10-6-4-9(2)5-7-10/h4-7H,3,8H2,1-2H3,(H,17,21)(H2,16,18,19). The van der Waals surface area contributed by atoms with Gasteiger partial charge < -0.3 is 10.7 Å². The lowest BCUT2D eigenvalue weighted by Crippen LogP contribution is -2.18. The molecule has 0 radical (unpaired) electrons.